The molecule has 0 bridgehead atoms. The second-order valence-electron chi connectivity index (χ2n) is 3.29. The minimum absolute atomic E-state index is 0.0971. The molecule has 1 saturated heterocycles. The molecule has 0 aromatic rings. The molecule has 0 radical (unpaired) electrons. The van der Waals surface area contributed by atoms with Gasteiger partial charge in [-0.3, -0.25) is 4.79 Å². The van der Waals surface area contributed by atoms with Crippen LogP contribution in [0.2, 0.25) is 0 Å². The summed E-state index contributed by atoms with van der Waals surface area (Å²) in [6, 6.07) is 0. The molecule has 14 heavy (non-hydrogen) atoms. The molecule has 3 N–H and O–H groups in total. The molecule has 0 spiro atoms. The first kappa shape index (κ1) is 11.4. The van der Waals surface area contributed by atoms with Crippen molar-refractivity contribution < 1.29 is 14.3 Å². The van der Waals surface area contributed by atoms with Crippen molar-refractivity contribution in [3.63, 3.8) is 0 Å². The third kappa shape index (κ3) is 4.55. The van der Waals surface area contributed by atoms with Gasteiger partial charge in [-0.1, -0.05) is 0 Å². The summed E-state index contributed by atoms with van der Waals surface area (Å²) in [7, 11) is 0. The van der Waals surface area contributed by atoms with Gasteiger partial charge in [0, 0.05) is 19.7 Å². The average Bonchev–Trinajstić information content (AvgIpc) is 2.67. The molecule has 5 heteroatoms. The van der Waals surface area contributed by atoms with E-state index in [1.807, 2.05) is 0 Å². The molecule has 0 aromatic heterocycles. The summed E-state index contributed by atoms with van der Waals surface area (Å²) in [5.74, 6) is -0.117. The molecule has 82 valence electrons. The molecule has 1 aliphatic heterocycles. The molecule has 5 nitrogen and oxygen atoms in total. The summed E-state index contributed by atoms with van der Waals surface area (Å²) in [6.07, 6.45) is 2.30. The fourth-order valence-corrected chi connectivity index (χ4v) is 1.32. The second-order valence-corrected chi connectivity index (χ2v) is 3.29. The molecule has 1 atom stereocenters. The number of ether oxygens (including phenoxy) is 2. The molecule has 0 aliphatic carbocycles. The van der Waals surface area contributed by atoms with Crippen molar-refractivity contribution in [2.75, 3.05) is 32.9 Å². The highest BCUT2D eigenvalue weighted by atomic mass is 16.5. The summed E-state index contributed by atoms with van der Waals surface area (Å²) in [6.45, 7) is 2.38. The molecule has 0 saturated carbocycles. The first-order valence-corrected chi connectivity index (χ1v) is 4.99. The summed E-state index contributed by atoms with van der Waals surface area (Å²) >= 11 is 0. The van der Waals surface area contributed by atoms with E-state index in [0.29, 0.717) is 19.7 Å². The molecule has 1 aliphatic rings. The molecule has 1 unspecified atom stereocenters. The Labute approximate surface area is 83.9 Å². The van der Waals surface area contributed by atoms with Gasteiger partial charge in [0.2, 0.25) is 5.91 Å². The van der Waals surface area contributed by atoms with Crippen molar-refractivity contribution >= 4 is 5.91 Å². The summed E-state index contributed by atoms with van der Waals surface area (Å²) in [5.41, 5.74) is 5.23. The number of nitrogens with one attached hydrogen (secondary N) is 1. The van der Waals surface area contributed by atoms with Gasteiger partial charge in [0.15, 0.2) is 0 Å². The Kier molecular flexibility index (Phi) is 5.51. The van der Waals surface area contributed by atoms with E-state index in [0.717, 1.165) is 19.4 Å². The zero-order valence-corrected chi connectivity index (χ0v) is 8.33. The third-order valence-electron chi connectivity index (χ3n) is 2.03. The van der Waals surface area contributed by atoms with Gasteiger partial charge in [-0.2, -0.15) is 0 Å². The lowest BCUT2D eigenvalue weighted by molar-refractivity contribution is -0.126. The molecular weight excluding hydrogens is 184 g/mol. The Balaban J connectivity index is 1.94. The van der Waals surface area contributed by atoms with Crippen molar-refractivity contribution in [2.45, 2.75) is 18.9 Å². The van der Waals surface area contributed by atoms with Gasteiger partial charge in [0.1, 0.15) is 6.61 Å². The highest BCUT2D eigenvalue weighted by Crippen LogP contribution is 2.11. The lowest BCUT2D eigenvalue weighted by Crippen LogP contribution is -2.32. The number of nitrogens with two attached hydrogens (primary N) is 1. The fraction of sp³-hybridized carbons (Fsp3) is 0.889. The third-order valence-corrected chi connectivity index (χ3v) is 2.03. The van der Waals surface area contributed by atoms with Crippen LogP contribution in [0, 0.1) is 0 Å². The summed E-state index contributed by atoms with van der Waals surface area (Å²) in [4.78, 5) is 11.0. The standard InChI is InChI=1S/C9H18N2O3/c10-3-4-11-9(12)7-13-6-8-2-1-5-14-8/h8H,1-7,10H2,(H,11,12). The maximum Gasteiger partial charge on any atom is 0.246 e. The van der Waals surface area contributed by atoms with E-state index in [9.17, 15) is 4.79 Å². The summed E-state index contributed by atoms with van der Waals surface area (Å²) in [5, 5.41) is 2.63. The first-order chi connectivity index (χ1) is 6.83. The van der Waals surface area contributed by atoms with Crippen LogP contribution in [0.15, 0.2) is 0 Å². The minimum atomic E-state index is -0.117. The van der Waals surface area contributed by atoms with Crippen LogP contribution in [0.3, 0.4) is 0 Å². The summed E-state index contributed by atoms with van der Waals surface area (Å²) < 4.78 is 10.5. The zero-order chi connectivity index (χ0) is 10.2. The van der Waals surface area contributed by atoms with Gasteiger partial charge in [-0.15, -0.1) is 0 Å². The minimum Gasteiger partial charge on any atom is -0.376 e. The quantitative estimate of drug-likeness (QED) is 0.595. The maximum absolute atomic E-state index is 11.0. The van der Waals surface area contributed by atoms with E-state index in [1.54, 1.807) is 0 Å². The predicted molar refractivity (Wildman–Crippen MR) is 51.9 cm³/mol. The number of hydrogen-bond donors (Lipinski definition) is 2. The van der Waals surface area contributed by atoms with E-state index in [1.165, 1.54) is 0 Å². The van der Waals surface area contributed by atoms with Crippen LogP contribution in [0.4, 0.5) is 0 Å². The van der Waals surface area contributed by atoms with E-state index in [-0.39, 0.29) is 18.6 Å². The van der Waals surface area contributed by atoms with E-state index >= 15 is 0 Å². The van der Waals surface area contributed by atoms with Crippen molar-refractivity contribution in [1.82, 2.24) is 5.32 Å². The topological polar surface area (TPSA) is 73.6 Å². The van der Waals surface area contributed by atoms with Crippen molar-refractivity contribution in [3.05, 3.63) is 0 Å². The average molecular weight is 202 g/mol. The number of carbonyl (C=O) groups is 1. The molecule has 1 fully saturated rings. The van der Waals surface area contributed by atoms with Crippen molar-refractivity contribution in [3.8, 4) is 0 Å². The van der Waals surface area contributed by atoms with Gasteiger partial charge in [0.25, 0.3) is 0 Å². The van der Waals surface area contributed by atoms with Crippen LogP contribution in [-0.4, -0.2) is 44.9 Å². The van der Waals surface area contributed by atoms with Crippen LogP contribution in [-0.2, 0) is 14.3 Å². The smallest absolute Gasteiger partial charge is 0.246 e. The second kappa shape index (κ2) is 6.75. The molecule has 1 amide bonds. The largest absolute Gasteiger partial charge is 0.376 e. The van der Waals surface area contributed by atoms with Gasteiger partial charge in [0.05, 0.1) is 12.7 Å². The van der Waals surface area contributed by atoms with E-state index in [2.05, 4.69) is 5.32 Å². The lowest BCUT2D eigenvalue weighted by atomic mass is 10.2. The number of rotatable bonds is 6. The SMILES string of the molecule is NCCNC(=O)COCC1CCCO1. The predicted octanol–water partition coefficient (Wildman–Crippen LogP) is -0.743. The van der Waals surface area contributed by atoms with Gasteiger partial charge in [-0.25, -0.2) is 0 Å². The lowest BCUT2D eigenvalue weighted by Gasteiger charge is -2.09. The zero-order valence-electron chi connectivity index (χ0n) is 8.33. The highest BCUT2D eigenvalue weighted by molar-refractivity contribution is 5.77. The maximum atomic E-state index is 11.0. The highest BCUT2D eigenvalue weighted by Gasteiger charge is 2.15. The van der Waals surface area contributed by atoms with Crippen LogP contribution in [0.25, 0.3) is 0 Å². The molecular formula is C9H18N2O3. The van der Waals surface area contributed by atoms with Gasteiger partial charge < -0.3 is 20.5 Å². The molecule has 1 heterocycles. The number of hydrogen-bond acceptors (Lipinski definition) is 4. The van der Waals surface area contributed by atoms with Crippen LogP contribution in [0.1, 0.15) is 12.8 Å². The Morgan fingerprint density at radius 2 is 2.50 bits per heavy atom. The van der Waals surface area contributed by atoms with Crippen molar-refractivity contribution in [1.29, 1.82) is 0 Å². The fourth-order valence-electron chi connectivity index (χ4n) is 1.32. The molecule has 1 rings (SSSR count). The number of amides is 1. The Hall–Kier alpha value is -0.650. The van der Waals surface area contributed by atoms with Gasteiger partial charge in [-0.05, 0) is 12.8 Å². The molecule has 0 aromatic carbocycles. The Morgan fingerprint density at radius 3 is 3.14 bits per heavy atom. The van der Waals surface area contributed by atoms with Crippen LogP contribution < -0.4 is 11.1 Å². The van der Waals surface area contributed by atoms with E-state index < -0.39 is 0 Å². The normalized spacial score (nSPS) is 21.1. The Bertz CT molecular complexity index is 169. The monoisotopic (exact) mass is 202 g/mol. The van der Waals surface area contributed by atoms with Crippen molar-refractivity contribution in [2.24, 2.45) is 5.73 Å². The van der Waals surface area contributed by atoms with E-state index in [4.69, 9.17) is 15.2 Å². The van der Waals surface area contributed by atoms with Gasteiger partial charge >= 0.3 is 0 Å². The first-order valence-electron chi connectivity index (χ1n) is 4.99. The van der Waals surface area contributed by atoms with Crippen LogP contribution >= 0.6 is 0 Å². The van der Waals surface area contributed by atoms with Crippen LogP contribution in [0.5, 0.6) is 0 Å². The number of carbonyl (C=O) groups excluding carboxylic acids is 1. The Morgan fingerprint density at radius 1 is 1.64 bits per heavy atom.